The van der Waals surface area contributed by atoms with E-state index < -0.39 is 4.92 Å². The average Bonchev–Trinajstić information content (AvgIpc) is 3.07. The molecule has 0 bridgehead atoms. The molecule has 3 aromatic rings. The summed E-state index contributed by atoms with van der Waals surface area (Å²) in [6, 6.07) is 8.52. The van der Waals surface area contributed by atoms with Gasteiger partial charge in [0.2, 0.25) is 0 Å². The van der Waals surface area contributed by atoms with E-state index in [1.165, 1.54) is 6.07 Å². The number of hydrogen-bond acceptors (Lipinski definition) is 5. The summed E-state index contributed by atoms with van der Waals surface area (Å²) < 4.78 is 12.0. The standard InChI is InChI=1S/C14H13N3O4/c1-20-9-13-6-11(15-21-13)8-16-5-4-10-2-3-12(17(18)19)7-14(10)16/h2-7H,8-9H2,1H3. The van der Waals surface area contributed by atoms with Crippen molar-refractivity contribution < 1.29 is 14.2 Å². The molecule has 1 aromatic carbocycles. The molecule has 0 aliphatic heterocycles. The van der Waals surface area contributed by atoms with Gasteiger partial charge in [0, 0.05) is 36.9 Å². The molecule has 0 saturated carbocycles. The molecule has 0 spiro atoms. The summed E-state index contributed by atoms with van der Waals surface area (Å²) in [6.07, 6.45) is 1.87. The van der Waals surface area contributed by atoms with E-state index in [1.54, 1.807) is 19.2 Å². The van der Waals surface area contributed by atoms with Crippen LogP contribution in [0, 0.1) is 10.1 Å². The first-order chi connectivity index (χ1) is 10.2. The van der Waals surface area contributed by atoms with Crippen LogP contribution in [0.4, 0.5) is 5.69 Å². The number of hydrogen-bond donors (Lipinski definition) is 0. The van der Waals surface area contributed by atoms with Crippen molar-refractivity contribution in [2.24, 2.45) is 0 Å². The Balaban J connectivity index is 1.92. The zero-order valence-corrected chi connectivity index (χ0v) is 11.4. The first-order valence-electron chi connectivity index (χ1n) is 6.34. The van der Waals surface area contributed by atoms with Crippen molar-refractivity contribution in [2.75, 3.05) is 7.11 Å². The number of nitrogens with zero attached hydrogens (tertiary/aromatic N) is 3. The van der Waals surface area contributed by atoms with Crippen molar-refractivity contribution in [2.45, 2.75) is 13.2 Å². The molecular weight excluding hydrogens is 274 g/mol. The highest BCUT2D eigenvalue weighted by atomic mass is 16.6. The Morgan fingerprint density at radius 1 is 1.38 bits per heavy atom. The lowest BCUT2D eigenvalue weighted by Gasteiger charge is -2.02. The molecule has 0 aliphatic rings. The fraction of sp³-hybridized carbons (Fsp3) is 0.214. The lowest BCUT2D eigenvalue weighted by atomic mass is 10.2. The quantitative estimate of drug-likeness (QED) is 0.532. The number of benzene rings is 1. The molecule has 0 atom stereocenters. The molecular formula is C14H13N3O4. The van der Waals surface area contributed by atoms with Gasteiger partial charge in [-0.3, -0.25) is 10.1 Å². The molecule has 2 heterocycles. The second-order valence-corrected chi connectivity index (χ2v) is 4.66. The number of non-ortho nitro benzene ring substituents is 1. The Kier molecular flexibility index (Phi) is 3.41. The van der Waals surface area contributed by atoms with Crippen LogP contribution in [0.2, 0.25) is 0 Å². The third-order valence-electron chi connectivity index (χ3n) is 3.19. The topological polar surface area (TPSA) is 83.3 Å². The summed E-state index contributed by atoms with van der Waals surface area (Å²) in [6.45, 7) is 0.850. The van der Waals surface area contributed by atoms with Gasteiger partial charge in [-0.25, -0.2) is 0 Å². The minimum Gasteiger partial charge on any atom is -0.377 e. The number of ether oxygens (including phenoxy) is 1. The molecule has 108 valence electrons. The second-order valence-electron chi connectivity index (χ2n) is 4.66. The van der Waals surface area contributed by atoms with Gasteiger partial charge in [0.1, 0.15) is 12.3 Å². The van der Waals surface area contributed by atoms with Gasteiger partial charge in [-0.05, 0) is 12.1 Å². The molecule has 0 unspecified atom stereocenters. The SMILES string of the molecule is COCc1cc(Cn2ccc3ccc([N+](=O)[O-])cc32)no1. The highest BCUT2D eigenvalue weighted by molar-refractivity contribution is 5.82. The molecule has 7 heteroatoms. The molecule has 0 amide bonds. The number of methoxy groups -OCH3 is 1. The molecule has 3 rings (SSSR count). The molecule has 0 radical (unpaired) electrons. The lowest BCUT2D eigenvalue weighted by molar-refractivity contribution is -0.384. The number of aromatic nitrogens is 2. The van der Waals surface area contributed by atoms with Crippen molar-refractivity contribution in [3.05, 3.63) is 58.1 Å². The average molecular weight is 287 g/mol. The van der Waals surface area contributed by atoms with Crippen LogP contribution in [0.5, 0.6) is 0 Å². The molecule has 0 aliphatic carbocycles. The maximum atomic E-state index is 10.9. The summed E-state index contributed by atoms with van der Waals surface area (Å²) in [5.74, 6) is 0.648. The van der Waals surface area contributed by atoms with E-state index >= 15 is 0 Å². The normalized spacial score (nSPS) is 11.1. The van der Waals surface area contributed by atoms with Crippen molar-refractivity contribution in [1.82, 2.24) is 9.72 Å². The highest BCUT2D eigenvalue weighted by Crippen LogP contribution is 2.22. The minimum atomic E-state index is -0.399. The Hall–Kier alpha value is -2.67. The maximum Gasteiger partial charge on any atom is 0.271 e. The van der Waals surface area contributed by atoms with Crippen LogP contribution >= 0.6 is 0 Å². The van der Waals surface area contributed by atoms with E-state index in [-0.39, 0.29) is 5.69 Å². The van der Waals surface area contributed by atoms with Gasteiger partial charge < -0.3 is 13.8 Å². The van der Waals surface area contributed by atoms with Crippen molar-refractivity contribution in [1.29, 1.82) is 0 Å². The Morgan fingerprint density at radius 2 is 2.24 bits per heavy atom. The number of fused-ring (bicyclic) bond motifs is 1. The smallest absolute Gasteiger partial charge is 0.271 e. The van der Waals surface area contributed by atoms with Crippen LogP contribution in [0.15, 0.2) is 41.1 Å². The lowest BCUT2D eigenvalue weighted by Crippen LogP contribution is -1.98. The molecule has 0 fully saturated rings. The zero-order valence-electron chi connectivity index (χ0n) is 11.4. The van der Waals surface area contributed by atoms with Gasteiger partial charge >= 0.3 is 0 Å². The van der Waals surface area contributed by atoms with Gasteiger partial charge in [0.15, 0.2) is 5.76 Å². The number of nitro groups is 1. The fourth-order valence-corrected chi connectivity index (χ4v) is 2.24. The van der Waals surface area contributed by atoms with Crippen LogP contribution < -0.4 is 0 Å². The zero-order chi connectivity index (χ0) is 14.8. The van der Waals surface area contributed by atoms with Gasteiger partial charge in [-0.2, -0.15) is 0 Å². The molecule has 21 heavy (non-hydrogen) atoms. The number of nitro benzene ring substituents is 1. The molecule has 0 N–H and O–H groups in total. The van der Waals surface area contributed by atoms with E-state index in [0.717, 1.165) is 16.6 Å². The van der Waals surface area contributed by atoms with E-state index in [9.17, 15) is 10.1 Å². The van der Waals surface area contributed by atoms with Crippen LogP contribution in [-0.2, 0) is 17.9 Å². The van der Waals surface area contributed by atoms with Crippen LogP contribution in [0.25, 0.3) is 10.9 Å². The Labute approximate surface area is 119 Å². The van der Waals surface area contributed by atoms with E-state index in [2.05, 4.69) is 5.16 Å². The van der Waals surface area contributed by atoms with Crippen molar-refractivity contribution in [3.63, 3.8) is 0 Å². The van der Waals surface area contributed by atoms with Crippen molar-refractivity contribution in [3.8, 4) is 0 Å². The first kappa shape index (κ1) is 13.3. The van der Waals surface area contributed by atoms with Crippen LogP contribution in [0.1, 0.15) is 11.5 Å². The van der Waals surface area contributed by atoms with E-state index in [4.69, 9.17) is 9.26 Å². The summed E-state index contributed by atoms with van der Waals surface area (Å²) in [7, 11) is 1.58. The predicted octanol–water partition coefficient (Wildman–Crippen LogP) is 2.73. The Bertz CT molecular complexity index is 790. The van der Waals surface area contributed by atoms with Gasteiger partial charge in [0.05, 0.1) is 17.0 Å². The third kappa shape index (κ3) is 2.63. The van der Waals surface area contributed by atoms with Crippen LogP contribution in [0.3, 0.4) is 0 Å². The molecule has 7 nitrogen and oxygen atoms in total. The van der Waals surface area contributed by atoms with Crippen LogP contribution in [-0.4, -0.2) is 21.8 Å². The summed E-state index contributed by atoms with van der Waals surface area (Å²) in [5, 5.41) is 15.8. The number of rotatable bonds is 5. The summed E-state index contributed by atoms with van der Waals surface area (Å²) >= 11 is 0. The van der Waals surface area contributed by atoms with Gasteiger partial charge in [0.25, 0.3) is 5.69 Å². The van der Waals surface area contributed by atoms with E-state index in [1.807, 2.05) is 22.9 Å². The monoisotopic (exact) mass is 287 g/mol. The minimum absolute atomic E-state index is 0.0719. The second kappa shape index (κ2) is 5.37. The Morgan fingerprint density at radius 3 is 3.00 bits per heavy atom. The maximum absolute atomic E-state index is 10.9. The molecule has 2 aromatic heterocycles. The predicted molar refractivity (Wildman–Crippen MR) is 74.9 cm³/mol. The van der Waals surface area contributed by atoms with E-state index in [0.29, 0.717) is 18.9 Å². The largest absolute Gasteiger partial charge is 0.377 e. The first-order valence-corrected chi connectivity index (χ1v) is 6.34. The van der Waals surface area contributed by atoms with Gasteiger partial charge in [-0.1, -0.05) is 5.16 Å². The molecule has 0 saturated heterocycles. The van der Waals surface area contributed by atoms with Crippen molar-refractivity contribution >= 4 is 16.6 Å². The summed E-state index contributed by atoms with van der Waals surface area (Å²) in [4.78, 5) is 10.5. The fourth-order valence-electron chi connectivity index (χ4n) is 2.24. The third-order valence-corrected chi connectivity index (χ3v) is 3.19. The summed E-state index contributed by atoms with van der Waals surface area (Å²) in [5.41, 5.74) is 1.61. The highest BCUT2D eigenvalue weighted by Gasteiger charge is 2.11. The van der Waals surface area contributed by atoms with Gasteiger partial charge in [-0.15, -0.1) is 0 Å².